The largest absolute Gasteiger partial charge is 0.458 e. The third kappa shape index (κ3) is 3.92. The number of amides is 1. The maximum atomic E-state index is 11.8. The van der Waals surface area contributed by atoms with Gasteiger partial charge in [-0.25, -0.2) is 9.97 Å². The van der Waals surface area contributed by atoms with Crippen LogP contribution < -0.4 is 4.74 Å². The second-order valence-corrected chi connectivity index (χ2v) is 4.82. The molecule has 0 unspecified atom stereocenters. The van der Waals surface area contributed by atoms with Crippen LogP contribution in [0.1, 0.15) is 19.3 Å². The lowest BCUT2D eigenvalue weighted by Gasteiger charge is -2.16. The first kappa shape index (κ1) is 13.8. The maximum absolute atomic E-state index is 11.8. The summed E-state index contributed by atoms with van der Waals surface area (Å²) in [5.74, 6) is 0.142. The summed E-state index contributed by atoms with van der Waals surface area (Å²) in [6, 6.07) is 0.301. The van der Waals surface area contributed by atoms with Crippen molar-refractivity contribution in [3.05, 3.63) is 30.1 Å². The van der Waals surface area contributed by atoms with Gasteiger partial charge < -0.3 is 9.64 Å². The number of rotatable bonds is 5. The first-order valence-electron chi connectivity index (χ1n) is 6.22. The average molecular weight is 282 g/mol. The molecule has 1 aromatic heterocycles. The Kier molecular flexibility index (Phi) is 4.74. The van der Waals surface area contributed by atoms with Crippen LogP contribution in [0, 0.1) is 0 Å². The second-order valence-electron chi connectivity index (χ2n) is 4.38. The summed E-state index contributed by atoms with van der Waals surface area (Å²) >= 11 is 5.70. The van der Waals surface area contributed by atoms with E-state index in [0.717, 1.165) is 6.42 Å². The topological polar surface area (TPSA) is 55.3 Å². The summed E-state index contributed by atoms with van der Waals surface area (Å²) < 4.78 is 5.62. The summed E-state index contributed by atoms with van der Waals surface area (Å²) in [6.45, 7) is 4.92. The predicted octanol–water partition coefficient (Wildman–Crippen LogP) is 2.08. The highest BCUT2D eigenvalue weighted by Crippen LogP contribution is 2.17. The molecule has 6 heteroatoms. The van der Waals surface area contributed by atoms with Gasteiger partial charge in [0.25, 0.3) is 0 Å². The maximum Gasteiger partial charge on any atom is 0.316 e. The van der Waals surface area contributed by atoms with Crippen LogP contribution in [-0.4, -0.2) is 40.0 Å². The van der Waals surface area contributed by atoms with E-state index in [-0.39, 0.29) is 12.0 Å². The van der Waals surface area contributed by atoms with Crippen molar-refractivity contribution in [1.82, 2.24) is 14.9 Å². The monoisotopic (exact) mass is 281 g/mol. The van der Waals surface area contributed by atoms with Crippen molar-refractivity contribution in [2.45, 2.75) is 25.4 Å². The number of allylic oxidation sites excluding steroid dienone is 1. The van der Waals surface area contributed by atoms with E-state index in [1.54, 1.807) is 6.08 Å². The molecule has 2 heterocycles. The van der Waals surface area contributed by atoms with E-state index < -0.39 is 0 Å². The van der Waals surface area contributed by atoms with Gasteiger partial charge in [-0.15, -0.1) is 6.58 Å². The van der Waals surface area contributed by atoms with Gasteiger partial charge in [-0.05, 0) is 6.42 Å². The number of nitrogens with zero attached hydrogens (tertiary/aromatic N) is 3. The summed E-state index contributed by atoms with van der Waals surface area (Å²) in [5.41, 5.74) is 0. The van der Waals surface area contributed by atoms with E-state index in [0.29, 0.717) is 37.0 Å². The molecule has 0 saturated carbocycles. The molecule has 0 aliphatic carbocycles. The normalized spacial score (nSPS) is 18.4. The van der Waals surface area contributed by atoms with Crippen LogP contribution in [0.4, 0.5) is 0 Å². The molecule has 0 N–H and O–H groups in total. The standard InChI is InChI=1S/C13H16ClN3O2/c1-2-3-4-12(18)17-6-5-11(9-17)19-13-15-7-10(14)8-16-13/h2,7-8,11H,1,3-6,9H2/t11-/m1/s1. The molecule has 1 saturated heterocycles. The van der Waals surface area contributed by atoms with Crippen molar-refractivity contribution in [3.8, 4) is 6.01 Å². The van der Waals surface area contributed by atoms with Crippen LogP contribution in [0.25, 0.3) is 0 Å². The van der Waals surface area contributed by atoms with Gasteiger partial charge in [0.15, 0.2) is 0 Å². The zero-order chi connectivity index (χ0) is 13.7. The van der Waals surface area contributed by atoms with Crippen molar-refractivity contribution in [3.63, 3.8) is 0 Å². The van der Waals surface area contributed by atoms with Crippen LogP contribution >= 0.6 is 11.6 Å². The molecule has 5 nitrogen and oxygen atoms in total. The number of hydrogen-bond acceptors (Lipinski definition) is 4. The first-order chi connectivity index (χ1) is 9.19. The molecule has 1 atom stereocenters. The SMILES string of the molecule is C=CCCC(=O)N1CC[C@@H](Oc2ncc(Cl)cn2)C1. The minimum atomic E-state index is -0.0474. The van der Waals surface area contributed by atoms with Crippen molar-refractivity contribution in [1.29, 1.82) is 0 Å². The fraction of sp³-hybridized carbons (Fsp3) is 0.462. The third-order valence-electron chi connectivity index (χ3n) is 2.93. The number of hydrogen-bond donors (Lipinski definition) is 0. The Morgan fingerprint density at radius 2 is 2.32 bits per heavy atom. The van der Waals surface area contributed by atoms with E-state index in [1.165, 1.54) is 12.4 Å². The molecule has 1 aromatic rings. The van der Waals surface area contributed by atoms with Gasteiger partial charge in [-0.3, -0.25) is 4.79 Å². The lowest BCUT2D eigenvalue weighted by molar-refractivity contribution is -0.130. The van der Waals surface area contributed by atoms with E-state index in [9.17, 15) is 4.79 Å². The highest BCUT2D eigenvalue weighted by molar-refractivity contribution is 6.30. The zero-order valence-electron chi connectivity index (χ0n) is 10.6. The first-order valence-corrected chi connectivity index (χ1v) is 6.59. The van der Waals surface area contributed by atoms with Crippen LogP contribution in [0.5, 0.6) is 6.01 Å². The third-order valence-corrected chi connectivity index (χ3v) is 3.12. The lowest BCUT2D eigenvalue weighted by atomic mass is 10.3. The van der Waals surface area contributed by atoms with Gasteiger partial charge in [0, 0.05) is 19.4 Å². The molecular formula is C13H16ClN3O2. The van der Waals surface area contributed by atoms with Crippen LogP contribution in [0.15, 0.2) is 25.0 Å². The number of likely N-dealkylation sites (tertiary alicyclic amines) is 1. The molecule has 1 aliphatic rings. The van der Waals surface area contributed by atoms with Gasteiger partial charge in [0.1, 0.15) is 6.10 Å². The van der Waals surface area contributed by atoms with Crippen molar-refractivity contribution in [2.75, 3.05) is 13.1 Å². The molecular weight excluding hydrogens is 266 g/mol. The Morgan fingerprint density at radius 1 is 1.58 bits per heavy atom. The predicted molar refractivity (Wildman–Crippen MR) is 72.1 cm³/mol. The summed E-state index contributed by atoms with van der Waals surface area (Å²) in [4.78, 5) is 21.6. The van der Waals surface area contributed by atoms with Crippen LogP contribution in [0.3, 0.4) is 0 Å². The summed E-state index contributed by atoms with van der Waals surface area (Å²) in [5, 5.41) is 0.472. The Morgan fingerprint density at radius 3 is 3.00 bits per heavy atom. The van der Waals surface area contributed by atoms with Crippen molar-refractivity contribution >= 4 is 17.5 Å². The summed E-state index contributed by atoms with van der Waals surface area (Å²) in [6.07, 6.45) is 6.70. The minimum Gasteiger partial charge on any atom is -0.458 e. The second kappa shape index (κ2) is 6.52. The smallest absolute Gasteiger partial charge is 0.316 e. The van der Waals surface area contributed by atoms with Crippen LogP contribution in [0.2, 0.25) is 5.02 Å². The number of aromatic nitrogens is 2. The van der Waals surface area contributed by atoms with Gasteiger partial charge in [-0.1, -0.05) is 17.7 Å². The van der Waals surface area contributed by atoms with E-state index >= 15 is 0 Å². The van der Waals surface area contributed by atoms with E-state index in [4.69, 9.17) is 16.3 Å². The quantitative estimate of drug-likeness (QED) is 0.776. The Hall–Kier alpha value is -1.62. The number of halogens is 1. The highest BCUT2D eigenvalue weighted by Gasteiger charge is 2.27. The van der Waals surface area contributed by atoms with Crippen molar-refractivity contribution in [2.24, 2.45) is 0 Å². The molecule has 1 fully saturated rings. The van der Waals surface area contributed by atoms with Gasteiger partial charge >= 0.3 is 6.01 Å². The summed E-state index contributed by atoms with van der Waals surface area (Å²) in [7, 11) is 0. The number of carbonyl (C=O) groups excluding carboxylic acids is 1. The van der Waals surface area contributed by atoms with E-state index in [2.05, 4.69) is 16.5 Å². The number of carbonyl (C=O) groups is 1. The fourth-order valence-corrected chi connectivity index (χ4v) is 2.04. The fourth-order valence-electron chi connectivity index (χ4n) is 1.94. The lowest BCUT2D eigenvalue weighted by Crippen LogP contribution is -2.30. The molecule has 102 valence electrons. The molecule has 0 radical (unpaired) electrons. The zero-order valence-corrected chi connectivity index (χ0v) is 11.3. The van der Waals surface area contributed by atoms with Gasteiger partial charge in [-0.2, -0.15) is 0 Å². The van der Waals surface area contributed by atoms with Crippen molar-refractivity contribution < 1.29 is 9.53 Å². The molecule has 2 rings (SSSR count). The number of ether oxygens (including phenoxy) is 1. The van der Waals surface area contributed by atoms with Crippen LogP contribution in [-0.2, 0) is 4.79 Å². The van der Waals surface area contributed by atoms with Gasteiger partial charge in [0.05, 0.1) is 24.0 Å². The molecule has 1 aliphatic heterocycles. The highest BCUT2D eigenvalue weighted by atomic mass is 35.5. The Bertz CT molecular complexity index is 450. The molecule has 19 heavy (non-hydrogen) atoms. The minimum absolute atomic E-state index is 0.0474. The Balaban J connectivity index is 1.83. The molecule has 0 aromatic carbocycles. The average Bonchev–Trinajstić information content (AvgIpc) is 2.87. The van der Waals surface area contributed by atoms with E-state index in [1.807, 2.05) is 4.90 Å². The van der Waals surface area contributed by atoms with Gasteiger partial charge in [0.2, 0.25) is 5.91 Å². The molecule has 0 spiro atoms. The Labute approximate surface area is 117 Å². The molecule has 1 amide bonds. The molecule has 0 bridgehead atoms.